The van der Waals surface area contributed by atoms with E-state index in [9.17, 15) is 9.59 Å². The molecule has 8 nitrogen and oxygen atoms in total. The highest BCUT2D eigenvalue weighted by Gasteiger charge is 2.09. The Bertz CT molecular complexity index is 1070. The summed E-state index contributed by atoms with van der Waals surface area (Å²) < 4.78 is 21.2. The molecule has 0 radical (unpaired) electrons. The summed E-state index contributed by atoms with van der Waals surface area (Å²) in [5.41, 5.74) is 1.68. The third kappa shape index (κ3) is 7.55. The zero-order valence-corrected chi connectivity index (χ0v) is 18.5. The Labute approximate surface area is 192 Å². The van der Waals surface area contributed by atoms with Crippen molar-refractivity contribution in [2.45, 2.75) is 0 Å². The summed E-state index contributed by atoms with van der Waals surface area (Å²) in [6.45, 7) is 0.735. The highest BCUT2D eigenvalue weighted by molar-refractivity contribution is 6.04. The van der Waals surface area contributed by atoms with Crippen LogP contribution in [0, 0.1) is 0 Å². The number of methoxy groups -OCH3 is 2. The summed E-state index contributed by atoms with van der Waals surface area (Å²) in [7, 11) is 3.16. The van der Waals surface area contributed by atoms with Crippen molar-refractivity contribution in [2.75, 3.05) is 44.7 Å². The molecule has 0 aliphatic heterocycles. The summed E-state index contributed by atoms with van der Waals surface area (Å²) in [6.07, 6.45) is 0. The Kier molecular flexibility index (Phi) is 8.67. The van der Waals surface area contributed by atoms with Crippen LogP contribution in [0.15, 0.2) is 72.8 Å². The molecule has 33 heavy (non-hydrogen) atoms. The smallest absolute Gasteiger partial charge is 0.262 e. The van der Waals surface area contributed by atoms with Crippen LogP contribution in [0.2, 0.25) is 0 Å². The first-order valence-electron chi connectivity index (χ1n) is 10.3. The molecule has 0 unspecified atom stereocenters. The van der Waals surface area contributed by atoms with Crippen LogP contribution in [-0.2, 0) is 9.53 Å². The maximum atomic E-state index is 12.5. The number of nitrogens with one attached hydrogen (secondary N) is 2. The molecule has 0 aliphatic rings. The van der Waals surface area contributed by atoms with E-state index in [4.69, 9.17) is 18.9 Å². The predicted octanol–water partition coefficient (Wildman–Crippen LogP) is 3.99. The fourth-order valence-electron chi connectivity index (χ4n) is 2.86. The van der Waals surface area contributed by atoms with Gasteiger partial charge in [-0.25, -0.2) is 0 Å². The highest BCUT2D eigenvalue weighted by atomic mass is 16.5. The largest absolute Gasteiger partial charge is 0.497 e. The number of hydrogen-bond acceptors (Lipinski definition) is 6. The fourth-order valence-corrected chi connectivity index (χ4v) is 2.86. The van der Waals surface area contributed by atoms with Gasteiger partial charge in [0.1, 0.15) is 23.9 Å². The van der Waals surface area contributed by atoms with Crippen molar-refractivity contribution in [2.24, 2.45) is 0 Å². The third-order valence-electron chi connectivity index (χ3n) is 4.49. The third-order valence-corrected chi connectivity index (χ3v) is 4.49. The number of anilines is 2. The van der Waals surface area contributed by atoms with Crippen molar-refractivity contribution in [1.82, 2.24) is 0 Å². The SMILES string of the molecule is COCCOc1cccc(NC(=O)c2ccc(OCC(=O)Nc3cccc(OC)c3)cc2)c1. The molecule has 0 heterocycles. The van der Waals surface area contributed by atoms with Crippen LogP contribution >= 0.6 is 0 Å². The van der Waals surface area contributed by atoms with Crippen LogP contribution < -0.4 is 24.8 Å². The molecule has 2 N–H and O–H groups in total. The van der Waals surface area contributed by atoms with Gasteiger partial charge in [-0.1, -0.05) is 12.1 Å². The lowest BCUT2D eigenvalue weighted by molar-refractivity contribution is -0.118. The summed E-state index contributed by atoms with van der Waals surface area (Å²) in [6, 6.07) is 20.7. The first kappa shape index (κ1) is 23.6. The van der Waals surface area contributed by atoms with E-state index in [1.807, 2.05) is 6.07 Å². The van der Waals surface area contributed by atoms with E-state index < -0.39 is 0 Å². The fraction of sp³-hybridized carbons (Fsp3) is 0.200. The molecule has 3 aromatic carbocycles. The van der Waals surface area contributed by atoms with Gasteiger partial charge in [0, 0.05) is 36.2 Å². The number of hydrogen-bond donors (Lipinski definition) is 2. The van der Waals surface area contributed by atoms with Gasteiger partial charge in [0.25, 0.3) is 11.8 Å². The van der Waals surface area contributed by atoms with Crippen LogP contribution in [-0.4, -0.2) is 45.9 Å². The second kappa shape index (κ2) is 12.1. The molecule has 2 amide bonds. The van der Waals surface area contributed by atoms with Gasteiger partial charge in [-0.3, -0.25) is 9.59 Å². The van der Waals surface area contributed by atoms with Gasteiger partial charge in [-0.05, 0) is 48.5 Å². The molecule has 0 bridgehead atoms. The van der Waals surface area contributed by atoms with Gasteiger partial charge < -0.3 is 29.6 Å². The van der Waals surface area contributed by atoms with E-state index in [1.165, 1.54) is 0 Å². The zero-order chi connectivity index (χ0) is 23.5. The van der Waals surface area contributed by atoms with Crippen molar-refractivity contribution >= 4 is 23.2 Å². The summed E-state index contributed by atoms with van der Waals surface area (Å²) in [5, 5.41) is 5.57. The van der Waals surface area contributed by atoms with Crippen molar-refractivity contribution in [3.8, 4) is 17.2 Å². The lowest BCUT2D eigenvalue weighted by atomic mass is 10.2. The Morgan fingerprint density at radius 2 is 1.39 bits per heavy atom. The standard InChI is InChI=1S/C25H26N2O6/c1-30-13-14-32-23-8-4-6-20(16-23)27-25(29)18-9-11-21(12-10-18)33-17-24(28)26-19-5-3-7-22(15-19)31-2/h3-12,15-16H,13-14,17H2,1-2H3,(H,26,28)(H,27,29). The number of benzene rings is 3. The molecule has 0 saturated carbocycles. The number of carbonyl (C=O) groups is 2. The van der Waals surface area contributed by atoms with Crippen LogP contribution in [0.5, 0.6) is 17.2 Å². The highest BCUT2D eigenvalue weighted by Crippen LogP contribution is 2.20. The molecule has 8 heteroatoms. The first-order valence-corrected chi connectivity index (χ1v) is 10.3. The van der Waals surface area contributed by atoms with Gasteiger partial charge in [0.05, 0.1) is 13.7 Å². The monoisotopic (exact) mass is 450 g/mol. The summed E-state index contributed by atoms with van der Waals surface area (Å²) in [4.78, 5) is 24.6. The van der Waals surface area contributed by atoms with Gasteiger partial charge >= 0.3 is 0 Å². The lowest BCUT2D eigenvalue weighted by Crippen LogP contribution is -2.20. The minimum Gasteiger partial charge on any atom is -0.497 e. The molecule has 172 valence electrons. The lowest BCUT2D eigenvalue weighted by Gasteiger charge is -2.10. The van der Waals surface area contributed by atoms with Crippen molar-refractivity contribution in [3.05, 3.63) is 78.4 Å². The van der Waals surface area contributed by atoms with E-state index in [1.54, 1.807) is 80.9 Å². The molecular formula is C25H26N2O6. The zero-order valence-electron chi connectivity index (χ0n) is 18.5. The average molecular weight is 450 g/mol. The van der Waals surface area contributed by atoms with Crippen LogP contribution in [0.3, 0.4) is 0 Å². The predicted molar refractivity (Wildman–Crippen MR) is 125 cm³/mol. The van der Waals surface area contributed by atoms with E-state index in [0.29, 0.717) is 47.4 Å². The number of rotatable bonds is 11. The average Bonchev–Trinajstić information content (AvgIpc) is 2.83. The Hall–Kier alpha value is -4.04. The Morgan fingerprint density at radius 3 is 2.09 bits per heavy atom. The first-order chi connectivity index (χ1) is 16.1. The van der Waals surface area contributed by atoms with Crippen molar-refractivity contribution in [3.63, 3.8) is 0 Å². The normalized spacial score (nSPS) is 10.2. The van der Waals surface area contributed by atoms with Crippen molar-refractivity contribution < 1.29 is 28.5 Å². The molecule has 0 spiro atoms. The Morgan fingerprint density at radius 1 is 0.727 bits per heavy atom. The quantitative estimate of drug-likeness (QED) is 0.429. The van der Waals surface area contributed by atoms with E-state index in [2.05, 4.69) is 10.6 Å². The topological polar surface area (TPSA) is 95.1 Å². The molecular weight excluding hydrogens is 424 g/mol. The minimum absolute atomic E-state index is 0.168. The second-order valence-corrected chi connectivity index (χ2v) is 6.92. The number of amides is 2. The molecule has 0 saturated heterocycles. The minimum atomic E-state index is -0.308. The molecule has 3 rings (SSSR count). The summed E-state index contributed by atoms with van der Waals surface area (Å²) in [5.74, 6) is 1.18. The number of ether oxygens (including phenoxy) is 4. The van der Waals surface area contributed by atoms with Crippen LogP contribution in [0.4, 0.5) is 11.4 Å². The van der Waals surface area contributed by atoms with Crippen LogP contribution in [0.1, 0.15) is 10.4 Å². The molecule has 0 aliphatic carbocycles. The second-order valence-electron chi connectivity index (χ2n) is 6.92. The molecule has 0 fully saturated rings. The van der Waals surface area contributed by atoms with Gasteiger partial charge in [0.2, 0.25) is 0 Å². The number of carbonyl (C=O) groups excluding carboxylic acids is 2. The van der Waals surface area contributed by atoms with E-state index in [-0.39, 0.29) is 18.4 Å². The van der Waals surface area contributed by atoms with E-state index >= 15 is 0 Å². The van der Waals surface area contributed by atoms with Gasteiger partial charge in [0.15, 0.2) is 6.61 Å². The maximum absolute atomic E-state index is 12.5. The van der Waals surface area contributed by atoms with Gasteiger partial charge in [-0.2, -0.15) is 0 Å². The summed E-state index contributed by atoms with van der Waals surface area (Å²) >= 11 is 0. The molecule has 3 aromatic rings. The van der Waals surface area contributed by atoms with Crippen LogP contribution in [0.25, 0.3) is 0 Å². The maximum Gasteiger partial charge on any atom is 0.262 e. The van der Waals surface area contributed by atoms with E-state index in [0.717, 1.165) is 0 Å². The van der Waals surface area contributed by atoms with Gasteiger partial charge in [-0.15, -0.1) is 0 Å². The van der Waals surface area contributed by atoms with Crippen molar-refractivity contribution in [1.29, 1.82) is 0 Å². The molecule has 0 aromatic heterocycles. The molecule has 0 atom stereocenters. The Balaban J connectivity index is 1.49.